The highest BCUT2D eigenvalue weighted by Crippen LogP contribution is 2.18. The summed E-state index contributed by atoms with van der Waals surface area (Å²) >= 11 is 0. The van der Waals surface area contributed by atoms with Crippen LogP contribution in [0.3, 0.4) is 0 Å². The van der Waals surface area contributed by atoms with Crippen LogP contribution in [0.4, 0.5) is 10.1 Å². The van der Waals surface area contributed by atoms with Gasteiger partial charge in [-0.2, -0.15) is 0 Å². The van der Waals surface area contributed by atoms with Crippen LogP contribution in [0.5, 0.6) is 0 Å². The number of benzene rings is 2. The van der Waals surface area contributed by atoms with E-state index in [9.17, 15) is 4.39 Å². The summed E-state index contributed by atoms with van der Waals surface area (Å²) in [5.41, 5.74) is 8.44. The molecule has 3 N–H and O–H groups in total. The van der Waals surface area contributed by atoms with Gasteiger partial charge in [0.2, 0.25) is 0 Å². The number of rotatable bonds is 6. The maximum absolute atomic E-state index is 13.9. The van der Waals surface area contributed by atoms with Gasteiger partial charge >= 0.3 is 0 Å². The summed E-state index contributed by atoms with van der Waals surface area (Å²) < 4.78 is 13.9. The Bertz CT molecular complexity index is 653. The molecule has 0 spiro atoms. The highest BCUT2D eigenvalue weighted by molar-refractivity contribution is 5.77. The van der Waals surface area contributed by atoms with Gasteiger partial charge in [-0.1, -0.05) is 36.4 Å². The van der Waals surface area contributed by atoms with Crippen molar-refractivity contribution in [1.82, 2.24) is 5.32 Å². The summed E-state index contributed by atoms with van der Waals surface area (Å²) in [6, 6.07) is 15.3. The molecule has 0 aliphatic carbocycles. The summed E-state index contributed by atoms with van der Waals surface area (Å²) in [5, 5.41) is 3.07. The van der Waals surface area contributed by atoms with E-state index in [0.29, 0.717) is 24.7 Å². The van der Waals surface area contributed by atoms with Gasteiger partial charge in [-0.15, -0.1) is 0 Å². The number of hydrogen-bond acceptors (Lipinski definition) is 2. The lowest BCUT2D eigenvalue weighted by molar-refractivity contribution is 0.624. The highest BCUT2D eigenvalue weighted by atomic mass is 19.1. The van der Waals surface area contributed by atoms with Crippen LogP contribution in [-0.2, 0) is 13.0 Å². The molecule has 2 aromatic carbocycles. The van der Waals surface area contributed by atoms with Crippen LogP contribution >= 0.6 is 0 Å². The highest BCUT2D eigenvalue weighted by Gasteiger charge is 2.05. The number of aliphatic imine (C=N–C) groups is 1. The maximum Gasteiger partial charge on any atom is 0.188 e. The third kappa shape index (κ3) is 5.29. The normalized spacial score (nSPS) is 11.3. The lowest BCUT2D eigenvalue weighted by atomic mass is 10.1. The van der Waals surface area contributed by atoms with Gasteiger partial charge in [0.25, 0.3) is 0 Å². The Hall–Kier alpha value is -2.56. The number of halogens is 1. The molecule has 2 rings (SSSR count). The van der Waals surface area contributed by atoms with Gasteiger partial charge in [-0.05, 0) is 29.7 Å². The fourth-order valence-corrected chi connectivity index (χ4v) is 2.22. The molecular formula is C18H23FN4. The van der Waals surface area contributed by atoms with Gasteiger partial charge in [0.1, 0.15) is 5.82 Å². The second-order valence-corrected chi connectivity index (χ2v) is 5.54. The molecule has 0 radical (unpaired) electrons. The van der Waals surface area contributed by atoms with Crippen molar-refractivity contribution < 1.29 is 4.39 Å². The number of nitrogens with one attached hydrogen (secondary N) is 1. The summed E-state index contributed by atoms with van der Waals surface area (Å²) in [7, 11) is 3.62. The Morgan fingerprint density at radius 1 is 1.13 bits per heavy atom. The third-order valence-corrected chi connectivity index (χ3v) is 3.49. The lowest BCUT2D eigenvalue weighted by Crippen LogP contribution is -2.33. The molecule has 0 unspecified atom stereocenters. The Morgan fingerprint density at radius 3 is 2.52 bits per heavy atom. The van der Waals surface area contributed by atoms with Gasteiger partial charge in [0, 0.05) is 20.6 Å². The van der Waals surface area contributed by atoms with E-state index in [-0.39, 0.29) is 5.82 Å². The van der Waals surface area contributed by atoms with Crippen molar-refractivity contribution in [2.24, 2.45) is 10.7 Å². The van der Waals surface area contributed by atoms with Crippen LogP contribution in [0.2, 0.25) is 0 Å². The molecule has 0 aromatic heterocycles. The molecule has 0 saturated carbocycles. The first-order valence-electron chi connectivity index (χ1n) is 7.59. The quantitative estimate of drug-likeness (QED) is 0.636. The van der Waals surface area contributed by atoms with Crippen molar-refractivity contribution in [3.8, 4) is 0 Å². The molecule has 23 heavy (non-hydrogen) atoms. The van der Waals surface area contributed by atoms with E-state index in [2.05, 4.69) is 22.4 Å². The van der Waals surface area contributed by atoms with E-state index in [0.717, 1.165) is 12.0 Å². The zero-order valence-electron chi connectivity index (χ0n) is 13.6. The molecule has 0 bridgehead atoms. The fourth-order valence-electron chi connectivity index (χ4n) is 2.22. The van der Waals surface area contributed by atoms with Crippen molar-refractivity contribution in [3.05, 3.63) is 65.5 Å². The predicted molar refractivity (Wildman–Crippen MR) is 94.2 cm³/mol. The van der Waals surface area contributed by atoms with E-state index in [4.69, 9.17) is 5.73 Å². The second-order valence-electron chi connectivity index (χ2n) is 5.54. The van der Waals surface area contributed by atoms with Gasteiger partial charge in [0.15, 0.2) is 5.96 Å². The van der Waals surface area contributed by atoms with Crippen LogP contribution in [0.1, 0.15) is 11.1 Å². The summed E-state index contributed by atoms with van der Waals surface area (Å²) in [4.78, 5) is 5.98. The van der Waals surface area contributed by atoms with Crippen molar-refractivity contribution in [2.45, 2.75) is 13.0 Å². The Morgan fingerprint density at radius 2 is 1.87 bits per heavy atom. The van der Waals surface area contributed by atoms with Crippen molar-refractivity contribution in [3.63, 3.8) is 0 Å². The maximum atomic E-state index is 13.9. The van der Waals surface area contributed by atoms with E-state index in [1.807, 2.05) is 38.4 Å². The van der Waals surface area contributed by atoms with Crippen LogP contribution in [-0.4, -0.2) is 26.6 Å². The monoisotopic (exact) mass is 314 g/mol. The molecule has 4 nitrogen and oxygen atoms in total. The van der Waals surface area contributed by atoms with Crippen LogP contribution in [0.15, 0.2) is 53.5 Å². The molecule has 0 atom stereocenters. The topological polar surface area (TPSA) is 53.6 Å². The van der Waals surface area contributed by atoms with E-state index in [1.165, 1.54) is 11.6 Å². The molecule has 0 aliphatic heterocycles. The van der Waals surface area contributed by atoms with Crippen molar-refractivity contribution in [2.75, 3.05) is 25.5 Å². The van der Waals surface area contributed by atoms with Gasteiger partial charge in [-0.3, -0.25) is 0 Å². The van der Waals surface area contributed by atoms with Crippen LogP contribution < -0.4 is 16.0 Å². The zero-order chi connectivity index (χ0) is 16.7. The summed E-state index contributed by atoms with van der Waals surface area (Å²) in [5.74, 6) is 0.122. The molecule has 122 valence electrons. The summed E-state index contributed by atoms with van der Waals surface area (Å²) in [6.07, 6.45) is 0.878. The smallest absolute Gasteiger partial charge is 0.188 e. The minimum atomic E-state index is -0.252. The lowest BCUT2D eigenvalue weighted by Gasteiger charge is -2.13. The van der Waals surface area contributed by atoms with Crippen LogP contribution in [0, 0.1) is 5.82 Å². The van der Waals surface area contributed by atoms with Crippen molar-refractivity contribution >= 4 is 11.6 Å². The number of nitrogens with zero attached hydrogens (tertiary/aromatic N) is 2. The SMILES string of the molecule is CN(C)c1ccc(CN=C(N)NCCc2ccccc2)cc1F. The first-order chi connectivity index (χ1) is 11.1. The molecule has 0 amide bonds. The van der Waals surface area contributed by atoms with Gasteiger partial charge < -0.3 is 16.0 Å². The van der Waals surface area contributed by atoms with Crippen LogP contribution in [0.25, 0.3) is 0 Å². The van der Waals surface area contributed by atoms with Crippen molar-refractivity contribution in [1.29, 1.82) is 0 Å². The first-order valence-corrected chi connectivity index (χ1v) is 7.59. The Kier molecular flexibility index (Phi) is 5.97. The number of hydrogen-bond donors (Lipinski definition) is 2. The van der Waals surface area contributed by atoms with E-state index < -0.39 is 0 Å². The molecule has 2 aromatic rings. The second kappa shape index (κ2) is 8.17. The van der Waals surface area contributed by atoms with E-state index in [1.54, 1.807) is 11.0 Å². The number of nitrogens with two attached hydrogens (primary N) is 1. The first kappa shape index (κ1) is 16.8. The Balaban J connectivity index is 1.83. The van der Waals surface area contributed by atoms with Gasteiger partial charge in [-0.25, -0.2) is 9.38 Å². The third-order valence-electron chi connectivity index (χ3n) is 3.49. The standard InChI is InChI=1S/C18H23FN4/c1-23(2)17-9-8-15(12-16(17)19)13-22-18(20)21-11-10-14-6-4-3-5-7-14/h3-9,12H,10-11,13H2,1-2H3,(H3,20,21,22). The molecule has 0 fully saturated rings. The van der Waals surface area contributed by atoms with E-state index >= 15 is 0 Å². The average Bonchev–Trinajstić information content (AvgIpc) is 2.53. The molecular weight excluding hydrogens is 291 g/mol. The summed E-state index contributed by atoms with van der Waals surface area (Å²) in [6.45, 7) is 1.07. The average molecular weight is 314 g/mol. The fraction of sp³-hybridized carbons (Fsp3) is 0.278. The molecule has 5 heteroatoms. The predicted octanol–water partition coefficient (Wildman–Crippen LogP) is 2.54. The minimum Gasteiger partial charge on any atom is -0.375 e. The minimum absolute atomic E-state index is 0.252. The van der Waals surface area contributed by atoms with Gasteiger partial charge in [0.05, 0.1) is 12.2 Å². The number of anilines is 1. The number of guanidine groups is 1. The molecule has 0 saturated heterocycles. The Labute approximate surface area is 136 Å². The molecule has 0 aliphatic rings. The molecule has 0 heterocycles. The largest absolute Gasteiger partial charge is 0.375 e. The zero-order valence-corrected chi connectivity index (χ0v) is 13.6.